The molecular weight excluding hydrogens is 244 g/mol. The van der Waals surface area contributed by atoms with Crippen LogP contribution in [0.4, 0.5) is 11.5 Å². The lowest BCUT2D eigenvalue weighted by Crippen LogP contribution is -2.26. The molecule has 1 aromatic heterocycles. The highest BCUT2D eigenvalue weighted by Crippen LogP contribution is 2.19. The van der Waals surface area contributed by atoms with Crippen molar-refractivity contribution in [2.75, 3.05) is 18.9 Å². The number of carboxylic acid groups (broad SMARTS) is 1. The van der Waals surface area contributed by atoms with Gasteiger partial charge in [0.2, 0.25) is 5.91 Å². The first-order chi connectivity index (χ1) is 8.45. The highest BCUT2D eigenvalue weighted by molar-refractivity contribution is 5.95. The summed E-state index contributed by atoms with van der Waals surface area (Å²) in [6.07, 6.45) is 1.00. The number of rotatable bonds is 5. The quantitative estimate of drug-likeness (QED) is 0.491. The Morgan fingerprint density at radius 2 is 2.22 bits per heavy atom. The highest BCUT2D eigenvalue weighted by atomic mass is 16.6. The number of nitro groups is 1. The zero-order valence-electron chi connectivity index (χ0n) is 9.34. The lowest BCUT2D eigenvalue weighted by Gasteiger charge is -2.06. The van der Waals surface area contributed by atoms with Crippen molar-refractivity contribution in [1.82, 2.24) is 10.3 Å². The van der Waals surface area contributed by atoms with Gasteiger partial charge in [0.25, 0.3) is 0 Å². The van der Waals surface area contributed by atoms with Crippen molar-refractivity contribution in [3.63, 3.8) is 0 Å². The number of carbonyl (C=O) groups excluding carboxylic acids is 1. The average Bonchev–Trinajstić information content (AvgIpc) is 2.35. The van der Waals surface area contributed by atoms with Crippen LogP contribution in [0.3, 0.4) is 0 Å². The number of hydrogen-bond acceptors (Lipinski definition) is 6. The Hall–Kier alpha value is -2.71. The van der Waals surface area contributed by atoms with Gasteiger partial charge in [0, 0.05) is 7.05 Å². The second kappa shape index (κ2) is 5.57. The molecule has 9 nitrogen and oxygen atoms in total. The number of hydrogen-bond donors (Lipinski definition) is 3. The van der Waals surface area contributed by atoms with E-state index in [4.69, 9.17) is 5.11 Å². The molecule has 0 bridgehead atoms. The minimum Gasteiger partial charge on any atom is -0.478 e. The summed E-state index contributed by atoms with van der Waals surface area (Å²) < 4.78 is 0. The second-order valence-electron chi connectivity index (χ2n) is 3.18. The van der Waals surface area contributed by atoms with Crippen LogP contribution < -0.4 is 10.6 Å². The van der Waals surface area contributed by atoms with Crippen molar-refractivity contribution in [3.8, 4) is 0 Å². The fraction of sp³-hybridized carbons (Fsp3) is 0.222. The van der Waals surface area contributed by atoms with Crippen LogP contribution >= 0.6 is 0 Å². The Kier molecular flexibility index (Phi) is 4.13. The minimum atomic E-state index is -1.35. The van der Waals surface area contributed by atoms with E-state index in [-0.39, 0.29) is 23.7 Å². The number of pyridine rings is 1. The molecule has 0 unspecified atom stereocenters. The number of nitrogens with one attached hydrogen (secondary N) is 2. The maximum atomic E-state index is 11.0. The van der Waals surface area contributed by atoms with Crippen LogP contribution in [0.15, 0.2) is 12.3 Å². The van der Waals surface area contributed by atoms with E-state index in [1.807, 2.05) is 0 Å². The van der Waals surface area contributed by atoms with Crippen LogP contribution in [0.5, 0.6) is 0 Å². The third kappa shape index (κ3) is 3.14. The van der Waals surface area contributed by atoms with E-state index in [1.54, 1.807) is 0 Å². The summed E-state index contributed by atoms with van der Waals surface area (Å²) in [7, 11) is 1.43. The molecule has 1 heterocycles. The number of likely N-dealkylation sites (N-methyl/N-ethyl adjacent to an activating group) is 1. The topological polar surface area (TPSA) is 134 Å². The van der Waals surface area contributed by atoms with Gasteiger partial charge in [-0.15, -0.1) is 0 Å². The molecule has 1 aromatic rings. The number of aromatic nitrogens is 1. The third-order valence-corrected chi connectivity index (χ3v) is 2.03. The summed E-state index contributed by atoms with van der Waals surface area (Å²) in [5.41, 5.74) is -0.280. The van der Waals surface area contributed by atoms with Crippen LogP contribution in [0.1, 0.15) is 10.4 Å². The minimum absolute atomic E-state index is 0.0386. The van der Waals surface area contributed by atoms with E-state index in [1.165, 1.54) is 7.05 Å². The van der Waals surface area contributed by atoms with Gasteiger partial charge in [0.1, 0.15) is 0 Å². The molecule has 1 rings (SSSR count). The summed E-state index contributed by atoms with van der Waals surface area (Å²) in [4.78, 5) is 35.0. The fourth-order valence-corrected chi connectivity index (χ4v) is 1.13. The van der Waals surface area contributed by atoms with Gasteiger partial charge in [-0.2, -0.15) is 0 Å². The van der Waals surface area contributed by atoms with E-state index in [2.05, 4.69) is 15.6 Å². The predicted octanol–water partition coefficient (Wildman–Crippen LogP) is -0.154. The molecule has 0 aliphatic heterocycles. The van der Waals surface area contributed by atoms with Gasteiger partial charge in [-0.25, -0.2) is 4.79 Å². The van der Waals surface area contributed by atoms with E-state index in [0.29, 0.717) is 0 Å². The maximum absolute atomic E-state index is 11.0. The lowest BCUT2D eigenvalue weighted by atomic mass is 10.2. The largest absolute Gasteiger partial charge is 0.478 e. The van der Waals surface area contributed by atoms with Crippen LogP contribution in [0.25, 0.3) is 0 Å². The first-order valence-corrected chi connectivity index (χ1v) is 4.78. The van der Waals surface area contributed by atoms with Crippen molar-refractivity contribution in [1.29, 1.82) is 0 Å². The summed E-state index contributed by atoms with van der Waals surface area (Å²) in [5, 5.41) is 24.2. The number of aromatic carboxylic acids is 1. The lowest BCUT2D eigenvalue weighted by molar-refractivity contribution is -0.389. The van der Waals surface area contributed by atoms with Crippen molar-refractivity contribution in [2.24, 2.45) is 0 Å². The molecule has 1 amide bonds. The highest BCUT2D eigenvalue weighted by Gasteiger charge is 2.18. The molecule has 0 aliphatic carbocycles. The Balaban J connectivity index is 3.00. The van der Waals surface area contributed by atoms with Crippen LogP contribution in [0.2, 0.25) is 0 Å². The molecule has 0 aliphatic rings. The molecule has 0 spiro atoms. The fourth-order valence-electron chi connectivity index (χ4n) is 1.13. The van der Waals surface area contributed by atoms with E-state index in [0.717, 1.165) is 12.3 Å². The molecular formula is C9H10N4O5. The van der Waals surface area contributed by atoms with Gasteiger partial charge < -0.3 is 25.9 Å². The monoisotopic (exact) mass is 254 g/mol. The van der Waals surface area contributed by atoms with Gasteiger partial charge in [-0.3, -0.25) is 4.79 Å². The Morgan fingerprint density at radius 1 is 1.56 bits per heavy atom. The van der Waals surface area contributed by atoms with Crippen LogP contribution in [0, 0.1) is 10.1 Å². The van der Waals surface area contributed by atoms with Gasteiger partial charge in [-0.1, -0.05) is 0 Å². The van der Waals surface area contributed by atoms with Gasteiger partial charge >= 0.3 is 11.8 Å². The van der Waals surface area contributed by atoms with E-state index < -0.39 is 16.7 Å². The summed E-state index contributed by atoms with van der Waals surface area (Å²) >= 11 is 0. The predicted molar refractivity (Wildman–Crippen MR) is 60.4 cm³/mol. The zero-order valence-corrected chi connectivity index (χ0v) is 9.34. The molecule has 0 radical (unpaired) electrons. The second-order valence-corrected chi connectivity index (χ2v) is 3.18. The normalized spacial score (nSPS) is 9.61. The Labute approximate surface area is 101 Å². The zero-order chi connectivity index (χ0) is 13.7. The number of nitrogens with zero attached hydrogens (tertiary/aromatic N) is 2. The van der Waals surface area contributed by atoms with Crippen molar-refractivity contribution in [2.45, 2.75) is 0 Å². The SMILES string of the molecule is CNC(=O)CNc1cnc([N+](=O)[O-])cc1C(=O)O. The summed E-state index contributed by atoms with van der Waals surface area (Å²) in [5.74, 6) is -2.28. The molecule has 0 atom stereocenters. The molecule has 9 heteroatoms. The van der Waals surface area contributed by atoms with E-state index in [9.17, 15) is 19.7 Å². The molecule has 0 fully saturated rings. The molecule has 0 saturated heterocycles. The van der Waals surface area contributed by atoms with Gasteiger partial charge in [-0.05, 0) is 9.91 Å². The number of carboxylic acids is 1. The molecule has 18 heavy (non-hydrogen) atoms. The summed E-state index contributed by atoms with van der Waals surface area (Å²) in [6.45, 7) is -0.156. The average molecular weight is 254 g/mol. The van der Waals surface area contributed by atoms with Gasteiger partial charge in [0.05, 0.1) is 23.9 Å². The van der Waals surface area contributed by atoms with Crippen molar-refractivity contribution >= 4 is 23.4 Å². The van der Waals surface area contributed by atoms with E-state index >= 15 is 0 Å². The molecule has 3 N–H and O–H groups in total. The third-order valence-electron chi connectivity index (χ3n) is 2.03. The number of amides is 1. The maximum Gasteiger partial charge on any atom is 0.364 e. The van der Waals surface area contributed by atoms with Crippen molar-refractivity contribution in [3.05, 3.63) is 27.9 Å². The Bertz CT molecular complexity index is 502. The standard InChI is InChI=1S/C9H10N4O5/c1-10-8(14)4-11-6-3-12-7(13(17)18)2-5(6)9(15)16/h2-3,11H,4H2,1H3,(H,10,14)(H,15,16). The molecule has 0 saturated carbocycles. The van der Waals surface area contributed by atoms with Crippen LogP contribution in [-0.2, 0) is 4.79 Å². The summed E-state index contributed by atoms with van der Waals surface area (Å²) in [6, 6.07) is 0.828. The number of carbonyl (C=O) groups is 2. The number of anilines is 1. The molecule has 96 valence electrons. The Morgan fingerprint density at radius 3 is 2.72 bits per heavy atom. The van der Waals surface area contributed by atoms with Crippen LogP contribution in [-0.4, -0.2) is 40.5 Å². The molecule has 0 aromatic carbocycles. The van der Waals surface area contributed by atoms with Gasteiger partial charge in [0.15, 0.2) is 6.20 Å². The smallest absolute Gasteiger partial charge is 0.364 e. The first-order valence-electron chi connectivity index (χ1n) is 4.78. The van der Waals surface area contributed by atoms with Crippen molar-refractivity contribution < 1.29 is 19.6 Å². The first kappa shape index (κ1) is 13.4.